The highest BCUT2D eigenvalue weighted by atomic mass is 19.1. The lowest BCUT2D eigenvalue weighted by atomic mass is 10.0. The number of amidine groups is 1. The second kappa shape index (κ2) is 8.86. The first-order valence-electron chi connectivity index (χ1n) is 9.88. The molecule has 2 heterocycles. The Morgan fingerprint density at radius 1 is 1.23 bits per heavy atom. The summed E-state index contributed by atoms with van der Waals surface area (Å²) in [4.78, 5) is 40.8. The van der Waals surface area contributed by atoms with Crippen LogP contribution >= 0.6 is 0 Å². The lowest BCUT2D eigenvalue weighted by Gasteiger charge is -2.17. The van der Waals surface area contributed by atoms with Crippen molar-refractivity contribution in [2.45, 2.75) is 18.9 Å². The Balaban J connectivity index is 1.58. The number of imidazole rings is 1. The van der Waals surface area contributed by atoms with Crippen LogP contribution in [-0.2, 0) is 0 Å². The Hall–Kier alpha value is -3.88. The summed E-state index contributed by atoms with van der Waals surface area (Å²) in [6.07, 6.45) is 2.50. The van der Waals surface area contributed by atoms with Gasteiger partial charge in [0.05, 0.1) is 28.2 Å². The van der Waals surface area contributed by atoms with Crippen LogP contribution in [0, 0.1) is 0 Å². The van der Waals surface area contributed by atoms with Crippen molar-refractivity contribution in [2.24, 2.45) is 15.7 Å². The number of nitrogens with zero attached hydrogens (tertiary/aromatic N) is 3. The number of aliphatic imine (C=N–C) groups is 2. The van der Waals surface area contributed by atoms with Crippen LogP contribution < -0.4 is 11.1 Å². The summed E-state index contributed by atoms with van der Waals surface area (Å²) in [6, 6.07) is 12.1. The van der Waals surface area contributed by atoms with Gasteiger partial charge in [-0.2, -0.15) is 0 Å². The van der Waals surface area contributed by atoms with E-state index in [-0.39, 0.29) is 11.4 Å². The number of H-pyrrole nitrogens is 1. The van der Waals surface area contributed by atoms with Gasteiger partial charge in [0.1, 0.15) is 18.3 Å². The maximum atomic E-state index is 13.1. The maximum absolute atomic E-state index is 13.1. The molecule has 1 aliphatic rings. The van der Waals surface area contributed by atoms with Gasteiger partial charge < -0.3 is 16.0 Å². The predicted octanol–water partition coefficient (Wildman–Crippen LogP) is 2.71. The molecule has 0 saturated carbocycles. The number of aromatic nitrogens is 2. The van der Waals surface area contributed by atoms with E-state index in [1.165, 1.54) is 6.21 Å². The molecule has 1 unspecified atom stereocenters. The van der Waals surface area contributed by atoms with Crippen molar-refractivity contribution in [1.82, 2.24) is 15.3 Å². The summed E-state index contributed by atoms with van der Waals surface area (Å²) < 4.78 is 12.5. The lowest BCUT2D eigenvalue weighted by Crippen LogP contribution is -2.30. The van der Waals surface area contributed by atoms with Crippen molar-refractivity contribution >= 4 is 34.9 Å². The first kappa shape index (κ1) is 20.4. The number of para-hydroxylation sites is 2. The number of hydrogen-bond acceptors (Lipinski definition) is 4. The molecule has 8 nitrogen and oxygen atoms in total. The third-order valence-corrected chi connectivity index (χ3v) is 5.02. The van der Waals surface area contributed by atoms with Crippen molar-refractivity contribution in [1.29, 1.82) is 0 Å². The molecule has 3 aromatic rings. The zero-order valence-corrected chi connectivity index (χ0v) is 16.6. The highest BCUT2D eigenvalue weighted by molar-refractivity contribution is 6.18. The number of alkyl halides is 1. The van der Waals surface area contributed by atoms with Crippen LogP contribution in [0.15, 0.2) is 52.4 Å². The maximum Gasteiger partial charge on any atom is 0.278 e. The number of rotatable bonds is 8. The van der Waals surface area contributed by atoms with E-state index in [2.05, 4.69) is 25.3 Å². The quantitative estimate of drug-likeness (QED) is 0.294. The van der Waals surface area contributed by atoms with E-state index in [1.807, 2.05) is 24.3 Å². The van der Waals surface area contributed by atoms with E-state index in [9.17, 15) is 14.0 Å². The van der Waals surface area contributed by atoms with Gasteiger partial charge in [-0.1, -0.05) is 24.3 Å². The fourth-order valence-corrected chi connectivity index (χ4v) is 3.51. The van der Waals surface area contributed by atoms with Crippen molar-refractivity contribution < 1.29 is 14.0 Å². The van der Waals surface area contributed by atoms with Crippen molar-refractivity contribution in [3.05, 3.63) is 65.0 Å². The average Bonchev–Trinajstić information content (AvgIpc) is 3.39. The standard InChI is InChI=1S/C22H21FN6O2/c23-11-18(24)25-10-4-9-17(20-27-15-7-1-2-8-16(15)28-20)29-21(30)14-6-3-5-13-12-26-22(31)19(13)14/h1-3,5-8,12,17H,4,9-11H2,(H2,24,25)(H,27,28)(H,29,30). The second-order valence-electron chi connectivity index (χ2n) is 7.15. The molecule has 2 amide bonds. The van der Waals surface area contributed by atoms with Gasteiger partial charge in [-0.15, -0.1) is 0 Å². The molecule has 2 aromatic carbocycles. The first-order chi connectivity index (χ1) is 15.1. The highest BCUT2D eigenvalue weighted by Crippen LogP contribution is 2.23. The topological polar surface area (TPSA) is 126 Å². The number of nitrogens with two attached hydrogens (primary N) is 1. The SMILES string of the molecule is NC(CF)=NCCCC(NC(=O)c1cccc2c1C(=O)N=C2)c1nc2ccccc2[nH]1. The Labute approximate surface area is 177 Å². The van der Waals surface area contributed by atoms with Gasteiger partial charge in [-0.3, -0.25) is 14.6 Å². The summed E-state index contributed by atoms with van der Waals surface area (Å²) in [7, 11) is 0. The van der Waals surface area contributed by atoms with Crippen LogP contribution in [-0.4, -0.2) is 47.1 Å². The molecular weight excluding hydrogens is 399 g/mol. The summed E-state index contributed by atoms with van der Waals surface area (Å²) >= 11 is 0. The first-order valence-corrected chi connectivity index (χ1v) is 9.88. The Morgan fingerprint density at radius 3 is 2.87 bits per heavy atom. The molecule has 0 aliphatic carbocycles. The predicted molar refractivity (Wildman–Crippen MR) is 116 cm³/mol. The molecule has 1 aliphatic heterocycles. The summed E-state index contributed by atoms with van der Waals surface area (Å²) in [5.41, 5.74) is 8.22. The minimum absolute atomic E-state index is 0.0531. The number of aromatic amines is 1. The van der Waals surface area contributed by atoms with Gasteiger partial charge in [0.15, 0.2) is 0 Å². The molecule has 1 aromatic heterocycles. The molecule has 1 atom stereocenters. The molecule has 4 N–H and O–H groups in total. The minimum atomic E-state index is -0.793. The fraction of sp³-hybridized carbons (Fsp3) is 0.227. The van der Waals surface area contributed by atoms with E-state index in [4.69, 9.17) is 5.73 Å². The van der Waals surface area contributed by atoms with Crippen LogP contribution in [0.5, 0.6) is 0 Å². The van der Waals surface area contributed by atoms with Crippen molar-refractivity contribution in [3.8, 4) is 0 Å². The Bertz CT molecular complexity index is 1170. The van der Waals surface area contributed by atoms with Crippen LogP contribution in [0.1, 0.15) is 51.0 Å². The molecular formula is C22H21FN6O2. The third kappa shape index (κ3) is 4.35. The molecule has 0 fully saturated rings. The van der Waals surface area contributed by atoms with Crippen molar-refractivity contribution in [2.75, 3.05) is 13.2 Å². The van der Waals surface area contributed by atoms with E-state index >= 15 is 0 Å². The van der Waals surface area contributed by atoms with E-state index in [1.54, 1.807) is 18.2 Å². The van der Waals surface area contributed by atoms with Crippen LogP contribution in [0.3, 0.4) is 0 Å². The largest absolute Gasteiger partial charge is 0.385 e. The number of benzene rings is 2. The molecule has 4 rings (SSSR count). The zero-order chi connectivity index (χ0) is 21.8. The molecule has 9 heteroatoms. The second-order valence-corrected chi connectivity index (χ2v) is 7.15. The minimum Gasteiger partial charge on any atom is -0.385 e. The zero-order valence-electron chi connectivity index (χ0n) is 16.6. The summed E-state index contributed by atoms with van der Waals surface area (Å²) in [6.45, 7) is -0.464. The van der Waals surface area contributed by atoms with E-state index < -0.39 is 24.5 Å². The molecule has 31 heavy (non-hydrogen) atoms. The molecule has 0 saturated heterocycles. The number of halogens is 1. The Kier molecular flexibility index (Phi) is 5.83. The van der Waals surface area contributed by atoms with Gasteiger partial charge in [0.2, 0.25) is 0 Å². The van der Waals surface area contributed by atoms with Crippen LogP contribution in [0.2, 0.25) is 0 Å². The molecule has 0 bridgehead atoms. The smallest absolute Gasteiger partial charge is 0.278 e. The summed E-state index contributed by atoms with van der Waals surface area (Å²) in [5.74, 6) is -0.292. The van der Waals surface area contributed by atoms with Crippen molar-refractivity contribution in [3.63, 3.8) is 0 Å². The van der Waals surface area contributed by atoms with Crippen LogP contribution in [0.4, 0.5) is 4.39 Å². The van der Waals surface area contributed by atoms with Gasteiger partial charge in [-0.25, -0.2) is 14.4 Å². The fourth-order valence-electron chi connectivity index (χ4n) is 3.51. The Morgan fingerprint density at radius 2 is 2.06 bits per heavy atom. The monoisotopic (exact) mass is 420 g/mol. The number of amides is 2. The normalized spacial score (nSPS) is 14.1. The average molecular weight is 420 g/mol. The van der Waals surface area contributed by atoms with Gasteiger partial charge in [-0.05, 0) is 31.0 Å². The highest BCUT2D eigenvalue weighted by Gasteiger charge is 2.26. The van der Waals surface area contributed by atoms with E-state index in [0.717, 1.165) is 11.0 Å². The lowest BCUT2D eigenvalue weighted by molar-refractivity contribution is 0.0920. The number of fused-ring (bicyclic) bond motifs is 2. The van der Waals surface area contributed by atoms with Gasteiger partial charge in [0.25, 0.3) is 11.8 Å². The number of carbonyl (C=O) groups is 2. The van der Waals surface area contributed by atoms with E-state index in [0.29, 0.717) is 36.3 Å². The number of carbonyl (C=O) groups excluding carboxylic acids is 2. The van der Waals surface area contributed by atoms with Gasteiger partial charge >= 0.3 is 0 Å². The summed E-state index contributed by atoms with van der Waals surface area (Å²) in [5, 5.41) is 2.97. The van der Waals surface area contributed by atoms with Crippen LogP contribution in [0.25, 0.3) is 11.0 Å². The van der Waals surface area contributed by atoms with Gasteiger partial charge in [0, 0.05) is 18.3 Å². The molecule has 0 spiro atoms. The third-order valence-electron chi connectivity index (χ3n) is 5.02. The number of nitrogens with one attached hydrogen (secondary N) is 2. The number of hydrogen-bond donors (Lipinski definition) is 3. The molecule has 0 radical (unpaired) electrons. The molecule has 158 valence electrons.